The summed E-state index contributed by atoms with van der Waals surface area (Å²) in [5.74, 6) is 0.808. The smallest absolute Gasteiger partial charge is 0.262 e. The van der Waals surface area contributed by atoms with Crippen LogP contribution in [0, 0.1) is 5.41 Å². The van der Waals surface area contributed by atoms with Gasteiger partial charge in [-0.25, -0.2) is 4.98 Å². The first-order valence-electron chi connectivity index (χ1n) is 7.50. The minimum absolute atomic E-state index is 0.0332. The van der Waals surface area contributed by atoms with Crippen molar-refractivity contribution in [3.8, 4) is 0 Å². The Morgan fingerprint density at radius 1 is 1.29 bits per heavy atom. The Labute approximate surface area is 131 Å². The van der Waals surface area contributed by atoms with E-state index in [1.807, 2.05) is 25.2 Å². The highest BCUT2D eigenvalue weighted by molar-refractivity contribution is 9.10. The van der Waals surface area contributed by atoms with Gasteiger partial charge in [-0.05, 0) is 52.7 Å². The molecule has 1 spiro atoms. The Kier molecular flexibility index (Phi) is 2.89. The molecule has 0 atom stereocenters. The van der Waals surface area contributed by atoms with Crippen molar-refractivity contribution in [1.82, 2.24) is 9.55 Å². The molecule has 0 unspecified atom stereocenters. The Morgan fingerprint density at radius 3 is 2.76 bits per heavy atom. The molecule has 0 N–H and O–H groups in total. The molecule has 110 valence electrons. The molecule has 1 saturated carbocycles. The molecule has 0 bridgehead atoms. The van der Waals surface area contributed by atoms with E-state index in [0.29, 0.717) is 10.8 Å². The van der Waals surface area contributed by atoms with E-state index in [1.165, 1.54) is 25.7 Å². The minimum atomic E-state index is 0.0332. The van der Waals surface area contributed by atoms with Crippen molar-refractivity contribution in [3.05, 3.63) is 33.0 Å². The first kappa shape index (κ1) is 13.3. The molecule has 2 heterocycles. The third-order valence-corrected chi connectivity index (χ3v) is 5.81. The number of rotatable bonds is 1. The van der Waals surface area contributed by atoms with Gasteiger partial charge in [0.15, 0.2) is 0 Å². The van der Waals surface area contributed by atoms with Gasteiger partial charge in [0.05, 0.1) is 10.9 Å². The molecule has 2 aliphatic rings. The molecule has 21 heavy (non-hydrogen) atoms. The molecule has 1 saturated heterocycles. The Hall–Kier alpha value is -1.36. The summed E-state index contributed by atoms with van der Waals surface area (Å²) >= 11 is 3.52. The molecule has 0 radical (unpaired) electrons. The number of hydrogen-bond acceptors (Lipinski definition) is 3. The van der Waals surface area contributed by atoms with E-state index in [0.717, 1.165) is 29.0 Å². The summed E-state index contributed by atoms with van der Waals surface area (Å²) in [6.07, 6.45) is 5.24. The SMILES string of the molecule is Cn1c(N2CCC3(CCC3)C2)nc2c(Br)cccc2c1=O. The summed E-state index contributed by atoms with van der Waals surface area (Å²) in [5.41, 5.74) is 1.30. The number of aromatic nitrogens is 2. The van der Waals surface area contributed by atoms with Crippen LogP contribution in [0.15, 0.2) is 27.5 Å². The van der Waals surface area contributed by atoms with Crippen molar-refractivity contribution in [1.29, 1.82) is 0 Å². The fourth-order valence-electron chi connectivity index (χ4n) is 3.72. The number of benzene rings is 1. The van der Waals surface area contributed by atoms with Gasteiger partial charge in [0.25, 0.3) is 5.56 Å². The average molecular weight is 348 g/mol. The van der Waals surface area contributed by atoms with Crippen LogP contribution in [0.4, 0.5) is 5.95 Å². The van der Waals surface area contributed by atoms with Gasteiger partial charge in [0.1, 0.15) is 0 Å². The standard InChI is InChI=1S/C16H18BrN3O/c1-19-14(21)11-4-2-5-12(17)13(11)18-15(19)20-9-8-16(10-20)6-3-7-16/h2,4-5H,3,6-10H2,1H3. The first-order chi connectivity index (χ1) is 10.1. The highest BCUT2D eigenvalue weighted by Gasteiger charge is 2.43. The summed E-state index contributed by atoms with van der Waals surface area (Å²) in [5, 5.41) is 0.674. The highest BCUT2D eigenvalue weighted by atomic mass is 79.9. The lowest BCUT2D eigenvalue weighted by molar-refractivity contribution is 0.165. The molecule has 1 aliphatic carbocycles. The van der Waals surface area contributed by atoms with Crippen LogP contribution in [0.25, 0.3) is 10.9 Å². The Morgan fingerprint density at radius 2 is 2.10 bits per heavy atom. The number of anilines is 1. The number of nitrogens with zero attached hydrogens (tertiary/aromatic N) is 3. The van der Waals surface area contributed by atoms with E-state index in [4.69, 9.17) is 4.98 Å². The molecular formula is C16H18BrN3O. The zero-order valence-corrected chi connectivity index (χ0v) is 13.7. The minimum Gasteiger partial charge on any atom is -0.342 e. The molecule has 2 fully saturated rings. The molecule has 5 heteroatoms. The van der Waals surface area contributed by atoms with E-state index in [9.17, 15) is 4.79 Å². The Bertz CT molecular complexity index is 779. The number of halogens is 1. The maximum absolute atomic E-state index is 12.6. The van der Waals surface area contributed by atoms with Gasteiger partial charge in [-0.15, -0.1) is 0 Å². The molecule has 4 rings (SSSR count). The maximum atomic E-state index is 12.6. The quantitative estimate of drug-likeness (QED) is 0.795. The predicted octanol–water partition coefficient (Wildman–Crippen LogP) is 3.08. The van der Waals surface area contributed by atoms with Crippen LogP contribution in [0.2, 0.25) is 0 Å². The average Bonchev–Trinajstić information content (AvgIpc) is 2.89. The van der Waals surface area contributed by atoms with Gasteiger partial charge in [-0.1, -0.05) is 12.5 Å². The van der Waals surface area contributed by atoms with Gasteiger partial charge in [0.2, 0.25) is 5.95 Å². The summed E-state index contributed by atoms with van der Waals surface area (Å²) in [6.45, 7) is 2.06. The lowest BCUT2D eigenvalue weighted by Crippen LogP contribution is -2.35. The topological polar surface area (TPSA) is 38.1 Å². The van der Waals surface area contributed by atoms with Crippen LogP contribution in [0.5, 0.6) is 0 Å². The summed E-state index contributed by atoms with van der Waals surface area (Å²) < 4.78 is 2.59. The molecule has 1 aliphatic heterocycles. The third-order valence-electron chi connectivity index (χ3n) is 5.17. The van der Waals surface area contributed by atoms with Crippen LogP contribution in [-0.2, 0) is 7.05 Å². The molecular weight excluding hydrogens is 330 g/mol. The molecule has 1 aromatic heterocycles. The summed E-state index contributed by atoms with van der Waals surface area (Å²) in [7, 11) is 1.83. The van der Waals surface area contributed by atoms with Crippen LogP contribution in [0.3, 0.4) is 0 Å². The van der Waals surface area contributed by atoms with Gasteiger partial charge in [0, 0.05) is 24.6 Å². The Balaban J connectivity index is 1.84. The van der Waals surface area contributed by atoms with Gasteiger partial charge in [-0.3, -0.25) is 9.36 Å². The second kappa shape index (κ2) is 4.57. The zero-order valence-electron chi connectivity index (χ0n) is 12.1. The van der Waals surface area contributed by atoms with Crippen molar-refractivity contribution < 1.29 is 0 Å². The summed E-state index contributed by atoms with van der Waals surface area (Å²) in [6, 6.07) is 5.67. The summed E-state index contributed by atoms with van der Waals surface area (Å²) in [4.78, 5) is 19.7. The van der Waals surface area contributed by atoms with Crippen molar-refractivity contribution in [2.75, 3.05) is 18.0 Å². The van der Waals surface area contributed by atoms with E-state index < -0.39 is 0 Å². The number of hydrogen-bond donors (Lipinski definition) is 0. The van der Waals surface area contributed by atoms with E-state index in [1.54, 1.807) is 4.57 Å². The molecule has 0 amide bonds. The van der Waals surface area contributed by atoms with E-state index >= 15 is 0 Å². The fourth-order valence-corrected chi connectivity index (χ4v) is 4.18. The van der Waals surface area contributed by atoms with Gasteiger partial charge >= 0.3 is 0 Å². The van der Waals surface area contributed by atoms with Gasteiger partial charge in [-0.2, -0.15) is 0 Å². The normalized spacial score (nSPS) is 20.2. The van der Waals surface area contributed by atoms with Crippen LogP contribution < -0.4 is 10.5 Å². The molecule has 4 nitrogen and oxygen atoms in total. The lowest BCUT2D eigenvalue weighted by atomic mass is 9.68. The largest absolute Gasteiger partial charge is 0.342 e. The van der Waals surface area contributed by atoms with E-state index in [-0.39, 0.29) is 5.56 Å². The zero-order chi connectivity index (χ0) is 14.6. The van der Waals surface area contributed by atoms with Gasteiger partial charge < -0.3 is 4.90 Å². The molecule has 1 aromatic carbocycles. The van der Waals surface area contributed by atoms with Crippen molar-refractivity contribution in [2.45, 2.75) is 25.7 Å². The second-order valence-electron chi connectivity index (χ2n) is 6.44. The second-order valence-corrected chi connectivity index (χ2v) is 7.29. The van der Waals surface area contributed by atoms with Crippen molar-refractivity contribution in [2.24, 2.45) is 12.5 Å². The first-order valence-corrected chi connectivity index (χ1v) is 8.29. The van der Waals surface area contributed by atoms with Crippen LogP contribution in [0.1, 0.15) is 25.7 Å². The molecule has 2 aromatic rings. The lowest BCUT2D eigenvalue weighted by Gasteiger charge is -2.38. The van der Waals surface area contributed by atoms with Crippen LogP contribution >= 0.6 is 15.9 Å². The highest BCUT2D eigenvalue weighted by Crippen LogP contribution is 2.48. The van der Waals surface area contributed by atoms with E-state index in [2.05, 4.69) is 20.8 Å². The monoisotopic (exact) mass is 347 g/mol. The van der Waals surface area contributed by atoms with Crippen LogP contribution in [-0.4, -0.2) is 22.6 Å². The van der Waals surface area contributed by atoms with Crippen molar-refractivity contribution in [3.63, 3.8) is 0 Å². The number of para-hydroxylation sites is 1. The predicted molar refractivity (Wildman–Crippen MR) is 87.8 cm³/mol. The maximum Gasteiger partial charge on any atom is 0.262 e. The number of fused-ring (bicyclic) bond motifs is 1. The fraction of sp³-hybridized carbons (Fsp3) is 0.500. The van der Waals surface area contributed by atoms with Crippen molar-refractivity contribution >= 4 is 32.8 Å². The third kappa shape index (κ3) is 1.94.